The van der Waals surface area contributed by atoms with Crippen molar-refractivity contribution in [1.29, 1.82) is 0 Å². The third-order valence-corrected chi connectivity index (χ3v) is 4.72. The molecule has 16 heavy (non-hydrogen) atoms. The molecule has 2 fully saturated rings. The van der Waals surface area contributed by atoms with Gasteiger partial charge in [-0.25, -0.2) is 0 Å². The molecule has 1 spiro atoms. The van der Waals surface area contributed by atoms with Crippen LogP contribution in [0.2, 0.25) is 0 Å². The molecule has 0 radical (unpaired) electrons. The van der Waals surface area contributed by atoms with E-state index >= 15 is 0 Å². The number of carbonyl (C=O) groups is 1. The molecule has 0 aromatic rings. The first kappa shape index (κ1) is 12.2. The summed E-state index contributed by atoms with van der Waals surface area (Å²) in [5.41, 5.74) is 6.05. The average Bonchev–Trinajstić information content (AvgIpc) is 2.85. The minimum atomic E-state index is -0.350. The van der Waals surface area contributed by atoms with Crippen LogP contribution in [0.3, 0.4) is 0 Å². The number of carbonyl (C=O) groups excluding carboxylic acids is 1. The van der Waals surface area contributed by atoms with Gasteiger partial charge in [0.15, 0.2) is 0 Å². The summed E-state index contributed by atoms with van der Waals surface area (Å²) in [4.78, 5) is 13.8. The SMILES string of the molecule is C[C@H](N)C(=O)N1CC[C@@]2(CC[C@H](CS)C2)C1. The van der Waals surface area contributed by atoms with Crippen LogP contribution in [-0.2, 0) is 4.79 Å². The van der Waals surface area contributed by atoms with E-state index in [-0.39, 0.29) is 11.9 Å². The molecule has 1 heterocycles. The number of likely N-dealkylation sites (tertiary alicyclic amines) is 1. The number of nitrogens with two attached hydrogens (primary N) is 1. The molecule has 0 unspecified atom stereocenters. The number of nitrogens with zero attached hydrogens (tertiary/aromatic N) is 1. The molecule has 1 saturated heterocycles. The van der Waals surface area contributed by atoms with Crippen LogP contribution in [0, 0.1) is 11.3 Å². The summed E-state index contributed by atoms with van der Waals surface area (Å²) in [5.74, 6) is 1.86. The largest absolute Gasteiger partial charge is 0.341 e. The summed E-state index contributed by atoms with van der Waals surface area (Å²) in [6.07, 6.45) is 4.96. The minimum Gasteiger partial charge on any atom is -0.341 e. The lowest BCUT2D eigenvalue weighted by atomic mass is 9.85. The Morgan fingerprint density at radius 1 is 1.62 bits per heavy atom. The van der Waals surface area contributed by atoms with Crippen LogP contribution < -0.4 is 5.73 Å². The van der Waals surface area contributed by atoms with Crippen molar-refractivity contribution in [3.05, 3.63) is 0 Å². The van der Waals surface area contributed by atoms with Gasteiger partial charge >= 0.3 is 0 Å². The molecule has 0 bridgehead atoms. The van der Waals surface area contributed by atoms with Gasteiger partial charge < -0.3 is 10.6 Å². The van der Waals surface area contributed by atoms with Gasteiger partial charge in [-0.2, -0.15) is 12.6 Å². The highest BCUT2D eigenvalue weighted by molar-refractivity contribution is 7.80. The first-order valence-corrected chi connectivity index (χ1v) is 6.85. The number of hydrogen-bond acceptors (Lipinski definition) is 3. The Morgan fingerprint density at radius 2 is 2.38 bits per heavy atom. The van der Waals surface area contributed by atoms with Crippen LogP contribution in [0.25, 0.3) is 0 Å². The van der Waals surface area contributed by atoms with Gasteiger partial charge in [-0.3, -0.25) is 4.79 Å². The van der Waals surface area contributed by atoms with E-state index in [1.54, 1.807) is 6.92 Å². The predicted octanol–water partition coefficient (Wildman–Crippen LogP) is 1.28. The van der Waals surface area contributed by atoms with E-state index in [4.69, 9.17) is 5.73 Å². The summed E-state index contributed by atoms with van der Waals surface area (Å²) < 4.78 is 0. The lowest BCUT2D eigenvalue weighted by molar-refractivity contribution is -0.131. The van der Waals surface area contributed by atoms with E-state index in [1.807, 2.05) is 4.90 Å². The van der Waals surface area contributed by atoms with E-state index in [9.17, 15) is 4.79 Å². The molecule has 1 aliphatic heterocycles. The van der Waals surface area contributed by atoms with Crippen molar-refractivity contribution in [3.63, 3.8) is 0 Å². The monoisotopic (exact) mass is 242 g/mol. The maximum atomic E-state index is 11.8. The first-order chi connectivity index (χ1) is 7.56. The topological polar surface area (TPSA) is 46.3 Å². The normalized spacial score (nSPS) is 35.9. The second-order valence-corrected chi connectivity index (χ2v) is 5.96. The van der Waals surface area contributed by atoms with Gasteiger partial charge in [0.2, 0.25) is 5.91 Å². The van der Waals surface area contributed by atoms with Crippen LogP contribution in [0.15, 0.2) is 0 Å². The lowest BCUT2D eigenvalue weighted by Gasteiger charge is -2.25. The standard InChI is InChI=1S/C12H22N2OS/c1-9(13)11(15)14-5-4-12(8-14)3-2-10(6-12)7-16/h9-10,16H,2-8,13H2,1H3/t9-,10-,12+/m0/s1. The van der Waals surface area contributed by atoms with Crippen molar-refractivity contribution in [2.45, 2.75) is 38.6 Å². The minimum absolute atomic E-state index is 0.117. The first-order valence-electron chi connectivity index (χ1n) is 6.21. The molecule has 0 aromatic carbocycles. The van der Waals surface area contributed by atoms with Gasteiger partial charge in [0.25, 0.3) is 0 Å². The third-order valence-electron chi connectivity index (χ3n) is 4.20. The summed E-state index contributed by atoms with van der Waals surface area (Å²) in [7, 11) is 0. The van der Waals surface area contributed by atoms with Gasteiger partial charge in [0, 0.05) is 13.1 Å². The van der Waals surface area contributed by atoms with E-state index in [0.717, 1.165) is 31.2 Å². The Bertz CT molecular complexity index is 282. The van der Waals surface area contributed by atoms with E-state index < -0.39 is 0 Å². The smallest absolute Gasteiger partial charge is 0.239 e. The van der Waals surface area contributed by atoms with Crippen molar-refractivity contribution in [2.24, 2.45) is 17.1 Å². The lowest BCUT2D eigenvalue weighted by Crippen LogP contribution is -2.41. The zero-order chi connectivity index (χ0) is 11.8. The maximum Gasteiger partial charge on any atom is 0.239 e. The Hall–Kier alpha value is -0.220. The molecule has 2 aliphatic rings. The molecule has 1 saturated carbocycles. The van der Waals surface area contributed by atoms with Gasteiger partial charge in [-0.05, 0) is 49.7 Å². The maximum absolute atomic E-state index is 11.8. The van der Waals surface area contributed by atoms with E-state index in [2.05, 4.69) is 12.6 Å². The fourth-order valence-corrected chi connectivity index (χ4v) is 3.58. The number of hydrogen-bond donors (Lipinski definition) is 2. The van der Waals surface area contributed by atoms with Crippen molar-refractivity contribution in [1.82, 2.24) is 4.90 Å². The molecule has 3 atom stereocenters. The van der Waals surface area contributed by atoms with Crippen LogP contribution in [0.1, 0.15) is 32.6 Å². The molecule has 92 valence electrons. The molecule has 2 rings (SSSR count). The van der Waals surface area contributed by atoms with Crippen molar-refractivity contribution in [3.8, 4) is 0 Å². The highest BCUT2D eigenvalue weighted by atomic mass is 32.1. The molecule has 3 nitrogen and oxygen atoms in total. The molecular weight excluding hydrogens is 220 g/mol. The van der Waals surface area contributed by atoms with Crippen molar-refractivity contribution in [2.75, 3.05) is 18.8 Å². The Balaban J connectivity index is 1.95. The molecule has 1 amide bonds. The van der Waals surface area contributed by atoms with Crippen LogP contribution in [0.4, 0.5) is 0 Å². The average molecular weight is 242 g/mol. The Labute approximate surface area is 103 Å². The van der Waals surface area contributed by atoms with Crippen LogP contribution in [-0.4, -0.2) is 35.7 Å². The zero-order valence-corrected chi connectivity index (χ0v) is 10.9. The Kier molecular flexibility index (Phi) is 3.50. The van der Waals surface area contributed by atoms with Gasteiger partial charge in [-0.1, -0.05) is 0 Å². The molecule has 1 aliphatic carbocycles. The number of amides is 1. The summed E-state index contributed by atoms with van der Waals surface area (Å²) in [6.45, 7) is 3.61. The van der Waals surface area contributed by atoms with E-state index in [1.165, 1.54) is 19.3 Å². The van der Waals surface area contributed by atoms with Crippen molar-refractivity contribution >= 4 is 18.5 Å². The second-order valence-electron chi connectivity index (χ2n) is 5.59. The highest BCUT2D eigenvalue weighted by Gasteiger charge is 2.44. The molecular formula is C12H22N2OS. The zero-order valence-electron chi connectivity index (χ0n) is 9.98. The second kappa shape index (κ2) is 4.57. The third kappa shape index (κ3) is 2.23. The van der Waals surface area contributed by atoms with Crippen LogP contribution in [0.5, 0.6) is 0 Å². The van der Waals surface area contributed by atoms with Crippen molar-refractivity contribution < 1.29 is 4.79 Å². The summed E-state index contributed by atoms with van der Waals surface area (Å²) >= 11 is 4.39. The fourth-order valence-electron chi connectivity index (χ4n) is 3.26. The van der Waals surface area contributed by atoms with Gasteiger partial charge in [-0.15, -0.1) is 0 Å². The molecule has 0 aromatic heterocycles. The summed E-state index contributed by atoms with van der Waals surface area (Å²) in [6, 6.07) is -0.350. The van der Waals surface area contributed by atoms with E-state index in [0.29, 0.717) is 5.41 Å². The molecule has 2 N–H and O–H groups in total. The number of rotatable bonds is 2. The predicted molar refractivity (Wildman–Crippen MR) is 68.5 cm³/mol. The van der Waals surface area contributed by atoms with Crippen LogP contribution >= 0.6 is 12.6 Å². The quantitative estimate of drug-likeness (QED) is 0.717. The number of thiol groups is 1. The van der Waals surface area contributed by atoms with Gasteiger partial charge in [0.1, 0.15) is 0 Å². The summed E-state index contributed by atoms with van der Waals surface area (Å²) in [5, 5.41) is 0. The fraction of sp³-hybridized carbons (Fsp3) is 0.917. The Morgan fingerprint density at radius 3 is 2.94 bits per heavy atom. The molecule has 4 heteroatoms. The van der Waals surface area contributed by atoms with Gasteiger partial charge in [0.05, 0.1) is 6.04 Å². The highest BCUT2D eigenvalue weighted by Crippen LogP contribution is 2.48.